The van der Waals surface area contributed by atoms with Crippen LogP contribution in [0.5, 0.6) is 11.5 Å². The van der Waals surface area contributed by atoms with E-state index in [1.165, 1.54) is 11.3 Å². The number of H-pyrrole nitrogens is 1. The standard InChI is InChI=1S/C20H14Cl2N6O2S/c1-29-13-5-2-11(3-6-13)15-9-16(24-23-15)19-27-28-18(25-26-20(28)31-19)10-30-17-7-4-12(21)8-14(17)22/h2-9H,10H2,1H3,(H,23,24). The summed E-state index contributed by atoms with van der Waals surface area (Å²) in [6.07, 6.45) is 0. The van der Waals surface area contributed by atoms with Crippen molar-refractivity contribution >= 4 is 39.5 Å². The van der Waals surface area contributed by atoms with Crippen LogP contribution in [0.1, 0.15) is 5.82 Å². The minimum atomic E-state index is 0.158. The zero-order valence-electron chi connectivity index (χ0n) is 16.0. The third kappa shape index (κ3) is 3.95. The molecule has 0 saturated carbocycles. The Morgan fingerprint density at radius 3 is 2.68 bits per heavy atom. The SMILES string of the molecule is COc1ccc(-c2cc(-c3nn4c(COc5ccc(Cl)cc5Cl)nnc4s3)[nH]n2)cc1. The van der Waals surface area contributed by atoms with Crippen LogP contribution in [-0.2, 0) is 6.61 Å². The third-order valence-electron chi connectivity index (χ3n) is 4.50. The largest absolute Gasteiger partial charge is 0.497 e. The van der Waals surface area contributed by atoms with Gasteiger partial charge in [0.1, 0.15) is 18.1 Å². The first-order valence-corrected chi connectivity index (χ1v) is 10.7. The van der Waals surface area contributed by atoms with E-state index in [0.717, 1.165) is 27.7 Å². The predicted octanol–water partition coefficient (Wildman–Crippen LogP) is 5.14. The summed E-state index contributed by atoms with van der Waals surface area (Å²) in [6.45, 7) is 0.158. The highest BCUT2D eigenvalue weighted by Crippen LogP contribution is 2.30. The molecule has 0 aliphatic heterocycles. The van der Waals surface area contributed by atoms with E-state index >= 15 is 0 Å². The molecule has 0 aliphatic carbocycles. The van der Waals surface area contributed by atoms with Crippen LogP contribution < -0.4 is 9.47 Å². The van der Waals surface area contributed by atoms with Gasteiger partial charge < -0.3 is 9.47 Å². The number of halogens is 2. The van der Waals surface area contributed by atoms with Crippen LogP contribution >= 0.6 is 34.5 Å². The summed E-state index contributed by atoms with van der Waals surface area (Å²) >= 11 is 13.5. The number of benzene rings is 2. The Morgan fingerprint density at radius 1 is 1.06 bits per heavy atom. The Morgan fingerprint density at radius 2 is 1.90 bits per heavy atom. The number of fused-ring (bicyclic) bond motifs is 1. The van der Waals surface area contributed by atoms with Crippen molar-refractivity contribution in [3.63, 3.8) is 0 Å². The van der Waals surface area contributed by atoms with Crippen molar-refractivity contribution in [2.45, 2.75) is 6.61 Å². The van der Waals surface area contributed by atoms with Crippen molar-refractivity contribution < 1.29 is 9.47 Å². The summed E-state index contributed by atoms with van der Waals surface area (Å²) in [7, 11) is 1.64. The molecule has 0 radical (unpaired) electrons. The fraction of sp³-hybridized carbons (Fsp3) is 0.100. The van der Waals surface area contributed by atoms with Crippen LogP contribution in [0.4, 0.5) is 0 Å². The fourth-order valence-corrected chi connectivity index (χ4v) is 4.22. The Labute approximate surface area is 190 Å². The first-order valence-electron chi connectivity index (χ1n) is 9.10. The summed E-state index contributed by atoms with van der Waals surface area (Å²) < 4.78 is 12.6. The second kappa shape index (κ2) is 8.18. The molecule has 8 nitrogen and oxygen atoms in total. The molecule has 0 fully saturated rings. The van der Waals surface area contributed by atoms with Gasteiger partial charge in [-0.05, 0) is 48.5 Å². The van der Waals surface area contributed by atoms with Gasteiger partial charge in [-0.1, -0.05) is 34.5 Å². The van der Waals surface area contributed by atoms with Gasteiger partial charge in [0.2, 0.25) is 4.96 Å². The highest BCUT2D eigenvalue weighted by molar-refractivity contribution is 7.19. The molecule has 156 valence electrons. The number of nitrogens with zero attached hydrogens (tertiary/aromatic N) is 5. The molecule has 0 bridgehead atoms. The van der Waals surface area contributed by atoms with Crippen molar-refractivity contribution in [2.24, 2.45) is 0 Å². The van der Waals surface area contributed by atoms with E-state index in [2.05, 4.69) is 25.5 Å². The van der Waals surface area contributed by atoms with Gasteiger partial charge in [0.05, 0.1) is 23.5 Å². The molecular formula is C20H14Cl2N6O2S. The van der Waals surface area contributed by atoms with Gasteiger partial charge in [0.25, 0.3) is 0 Å². The topological polar surface area (TPSA) is 90.2 Å². The maximum atomic E-state index is 6.16. The van der Waals surface area contributed by atoms with Gasteiger partial charge in [-0.2, -0.15) is 14.7 Å². The van der Waals surface area contributed by atoms with E-state index in [-0.39, 0.29) is 6.61 Å². The highest BCUT2D eigenvalue weighted by Gasteiger charge is 2.16. The normalized spacial score (nSPS) is 11.2. The number of aromatic nitrogens is 6. The lowest BCUT2D eigenvalue weighted by Gasteiger charge is -2.06. The van der Waals surface area contributed by atoms with Crippen LogP contribution in [0, 0.1) is 0 Å². The first kappa shape index (κ1) is 19.8. The van der Waals surface area contributed by atoms with Gasteiger partial charge in [0, 0.05) is 10.6 Å². The summed E-state index contributed by atoms with van der Waals surface area (Å²) in [5, 5.41) is 22.1. The minimum Gasteiger partial charge on any atom is -0.497 e. The predicted molar refractivity (Wildman–Crippen MR) is 119 cm³/mol. The number of nitrogens with one attached hydrogen (secondary N) is 1. The molecule has 0 saturated heterocycles. The average molecular weight is 473 g/mol. The van der Waals surface area contributed by atoms with Crippen LogP contribution in [-0.4, -0.2) is 37.1 Å². The number of hydrogen-bond acceptors (Lipinski definition) is 7. The number of ether oxygens (including phenoxy) is 2. The summed E-state index contributed by atoms with van der Waals surface area (Å²) in [6, 6.07) is 14.7. The van der Waals surface area contributed by atoms with E-state index in [1.807, 2.05) is 30.3 Å². The zero-order chi connectivity index (χ0) is 21.4. The van der Waals surface area contributed by atoms with Gasteiger partial charge >= 0.3 is 0 Å². The molecule has 1 N–H and O–H groups in total. The van der Waals surface area contributed by atoms with E-state index < -0.39 is 0 Å². The molecule has 2 aromatic carbocycles. The molecule has 0 aliphatic rings. The minimum absolute atomic E-state index is 0.158. The van der Waals surface area contributed by atoms with Crippen LogP contribution in [0.3, 0.4) is 0 Å². The number of methoxy groups -OCH3 is 1. The molecular weight excluding hydrogens is 459 g/mol. The Kier molecular flexibility index (Phi) is 5.23. The van der Waals surface area contributed by atoms with Crippen molar-refractivity contribution in [3.05, 3.63) is 64.4 Å². The van der Waals surface area contributed by atoms with Gasteiger partial charge in [0.15, 0.2) is 10.8 Å². The maximum absolute atomic E-state index is 6.16. The van der Waals surface area contributed by atoms with Gasteiger partial charge in [-0.25, -0.2) is 0 Å². The Hall–Kier alpha value is -3.14. The van der Waals surface area contributed by atoms with Crippen molar-refractivity contribution in [3.8, 4) is 33.5 Å². The molecule has 0 unspecified atom stereocenters. The lowest BCUT2D eigenvalue weighted by Crippen LogP contribution is -2.02. The first-order chi connectivity index (χ1) is 15.1. The second-order valence-corrected chi connectivity index (χ2v) is 8.28. The van der Waals surface area contributed by atoms with Crippen LogP contribution in [0.2, 0.25) is 10.0 Å². The molecule has 5 rings (SSSR count). The molecule has 0 amide bonds. The lowest BCUT2D eigenvalue weighted by molar-refractivity contribution is 0.293. The third-order valence-corrected chi connectivity index (χ3v) is 5.96. The van der Waals surface area contributed by atoms with Crippen LogP contribution in [0.25, 0.3) is 26.9 Å². The zero-order valence-corrected chi connectivity index (χ0v) is 18.4. The Bertz CT molecular complexity index is 1360. The molecule has 0 spiro atoms. The van der Waals surface area contributed by atoms with Crippen molar-refractivity contribution in [1.82, 2.24) is 30.0 Å². The summed E-state index contributed by atoms with van der Waals surface area (Å²) in [5.41, 5.74) is 2.57. The van der Waals surface area contributed by atoms with Crippen LogP contribution in [0.15, 0.2) is 48.5 Å². The number of hydrogen-bond donors (Lipinski definition) is 1. The quantitative estimate of drug-likeness (QED) is 0.368. The average Bonchev–Trinajstić information content (AvgIpc) is 3.49. The van der Waals surface area contributed by atoms with Crippen molar-refractivity contribution in [1.29, 1.82) is 0 Å². The van der Waals surface area contributed by atoms with E-state index in [1.54, 1.807) is 29.8 Å². The van der Waals surface area contributed by atoms with Gasteiger partial charge in [-0.3, -0.25) is 5.10 Å². The summed E-state index contributed by atoms with van der Waals surface area (Å²) in [5.74, 6) is 1.86. The number of rotatable bonds is 6. The molecule has 0 atom stereocenters. The van der Waals surface area contributed by atoms with E-state index in [4.69, 9.17) is 32.7 Å². The smallest absolute Gasteiger partial charge is 0.235 e. The fourth-order valence-electron chi connectivity index (χ4n) is 2.93. The second-order valence-electron chi connectivity index (χ2n) is 6.48. The lowest BCUT2D eigenvalue weighted by atomic mass is 10.1. The Balaban J connectivity index is 1.37. The summed E-state index contributed by atoms with van der Waals surface area (Å²) in [4.78, 5) is 0.649. The molecule has 3 heterocycles. The monoisotopic (exact) mass is 472 g/mol. The number of aromatic amines is 1. The molecule has 5 aromatic rings. The molecule has 11 heteroatoms. The van der Waals surface area contributed by atoms with E-state index in [9.17, 15) is 0 Å². The van der Waals surface area contributed by atoms with E-state index in [0.29, 0.717) is 26.6 Å². The molecule has 31 heavy (non-hydrogen) atoms. The highest BCUT2D eigenvalue weighted by atomic mass is 35.5. The maximum Gasteiger partial charge on any atom is 0.235 e. The van der Waals surface area contributed by atoms with Gasteiger partial charge in [-0.15, -0.1) is 10.2 Å². The molecule has 3 aromatic heterocycles. The van der Waals surface area contributed by atoms with Crippen molar-refractivity contribution in [2.75, 3.05) is 7.11 Å².